The fourth-order valence-corrected chi connectivity index (χ4v) is 1.59. The van der Waals surface area contributed by atoms with Crippen molar-refractivity contribution in [3.05, 3.63) is 29.8 Å². The van der Waals surface area contributed by atoms with Gasteiger partial charge in [-0.25, -0.2) is 8.78 Å². The molecule has 0 bridgehead atoms. The van der Waals surface area contributed by atoms with Crippen molar-refractivity contribution < 1.29 is 18.3 Å². The molecule has 0 saturated heterocycles. The highest BCUT2D eigenvalue weighted by atomic mass is 19.1. The van der Waals surface area contributed by atoms with Crippen LogP contribution in [0.1, 0.15) is 33.1 Å². The molecule has 0 fully saturated rings. The number of benzene rings is 1. The summed E-state index contributed by atoms with van der Waals surface area (Å²) in [4.78, 5) is 11.4. The van der Waals surface area contributed by atoms with Gasteiger partial charge < -0.3 is 10.5 Å². The summed E-state index contributed by atoms with van der Waals surface area (Å²) < 4.78 is 31.4. The van der Waals surface area contributed by atoms with E-state index in [1.807, 2.05) is 6.92 Å². The minimum Gasteiger partial charge on any atom is -0.478 e. The Morgan fingerprint density at radius 3 is 2.33 bits per heavy atom. The molecule has 0 heterocycles. The number of hydrogen-bond donors (Lipinski definition) is 1. The number of hydrogen-bond acceptors (Lipinski definition) is 2. The third-order valence-electron chi connectivity index (χ3n) is 2.71. The van der Waals surface area contributed by atoms with Crippen molar-refractivity contribution >= 4 is 5.91 Å². The van der Waals surface area contributed by atoms with Crippen LogP contribution >= 0.6 is 0 Å². The zero-order valence-corrected chi connectivity index (χ0v) is 10.5. The Morgan fingerprint density at radius 1 is 1.33 bits per heavy atom. The predicted molar refractivity (Wildman–Crippen MR) is 64.1 cm³/mol. The summed E-state index contributed by atoms with van der Waals surface area (Å²) in [5, 5.41) is 0. The standard InChI is InChI=1S/C13H17F2NO2/c1-3-4-5-13(2,12(16)17)18-11-7-9(14)6-10(15)8-11/h6-8H,3-5H2,1-2H3,(H2,16,17). The van der Waals surface area contributed by atoms with Gasteiger partial charge in [-0.1, -0.05) is 13.3 Å². The number of halogens is 2. The van der Waals surface area contributed by atoms with E-state index < -0.39 is 23.1 Å². The maximum absolute atomic E-state index is 13.0. The van der Waals surface area contributed by atoms with Gasteiger partial charge >= 0.3 is 0 Å². The first kappa shape index (κ1) is 14.4. The van der Waals surface area contributed by atoms with E-state index in [1.165, 1.54) is 6.92 Å². The highest BCUT2D eigenvalue weighted by Crippen LogP contribution is 2.24. The molecule has 18 heavy (non-hydrogen) atoms. The summed E-state index contributed by atoms with van der Waals surface area (Å²) in [5.41, 5.74) is 4.03. The topological polar surface area (TPSA) is 52.3 Å². The van der Waals surface area contributed by atoms with Gasteiger partial charge in [0.1, 0.15) is 17.4 Å². The lowest BCUT2D eigenvalue weighted by Gasteiger charge is -2.27. The molecule has 100 valence electrons. The van der Waals surface area contributed by atoms with Gasteiger partial charge in [0.05, 0.1) is 0 Å². The van der Waals surface area contributed by atoms with Gasteiger partial charge in [-0.05, 0) is 19.8 Å². The second-order valence-corrected chi connectivity index (χ2v) is 4.41. The molecule has 0 radical (unpaired) electrons. The molecule has 0 aliphatic carbocycles. The minimum atomic E-state index is -1.25. The lowest BCUT2D eigenvalue weighted by Crippen LogP contribution is -2.46. The normalized spacial score (nSPS) is 14.0. The molecule has 1 unspecified atom stereocenters. The molecule has 0 saturated carbocycles. The molecule has 0 aromatic heterocycles. The second-order valence-electron chi connectivity index (χ2n) is 4.41. The lowest BCUT2D eigenvalue weighted by molar-refractivity contribution is -0.132. The van der Waals surface area contributed by atoms with Crippen LogP contribution in [0.5, 0.6) is 5.75 Å². The van der Waals surface area contributed by atoms with Crippen molar-refractivity contribution in [1.29, 1.82) is 0 Å². The van der Waals surface area contributed by atoms with Crippen molar-refractivity contribution in [3.8, 4) is 5.75 Å². The summed E-state index contributed by atoms with van der Waals surface area (Å²) in [6, 6.07) is 2.78. The Bertz CT molecular complexity index is 417. The SMILES string of the molecule is CCCCC(C)(Oc1cc(F)cc(F)c1)C(N)=O. The van der Waals surface area contributed by atoms with Crippen molar-refractivity contribution in [1.82, 2.24) is 0 Å². The van der Waals surface area contributed by atoms with Crippen LogP contribution in [0.4, 0.5) is 8.78 Å². The number of carbonyl (C=O) groups is 1. The fraction of sp³-hybridized carbons (Fsp3) is 0.462. The van der Waals surface area contributed by atoms with Crippen molar-refractivity contribution in [2.75, 3.05) is 0 Å². The van der Waals surface area contributed by atoms with Gasteiger partial charge in [-0.2, -0.15) is 0 Å². The van der Waals surface area contributed by atoms with Gasteiger partial charge in [0.15, 0.2) is 5.60 Å². The van der Waals surface area contributed by atoms with Crippen LogP contribution in [0.25, 0.3) is 0 Å². The third kappa shape index (κ3) is 3.68. The lowest BCUT2D eigenvalue weighted by atomic mass is 9.98. The summed E-state index contributed by atoms with van der Waals surface area (Å²) >= 11 is 0. The fourth-order valence-electron chi connectivity index (χ4n) is 1.59. The molecule has 0 aliphatic heterocycles. The molecule has 1 atom stereocenters. The Hall–Kier alpha value is -1.65. The molecular formula is C13H17F2NO2. The van der Waals surface area contributed by atoms with Gasteiger partial charge in [-0.3, -0.25) is 4.79 Å². The maximum Gasteiger partial charge on any atom is 0.261 e. The third-order valence-corrected chi connectivity index (χ3v) is 2.71. The second kappa shape index (κ2) is 5.80. The zero-order valence-electron chi connectivity index (χ0n) is 10.5. The summed E-state index contributed by atoms with van der Waals surface area (Å²) in [6.45, 7) is 3.48. The molecule has 0 aliphatic rings. The first-order chi connectivity index (χ1) is 8.37. The molecule has 3 nitrogen and oxygen atoms in total. The summed E-state index contributed by atoms with van der Waals surface area (Å²) in [6.07, 6.45) is 2.00. The van der Waals surface area contributed by atoms with Gasteiger partial charge in [0.25, 0.3) is 5.91 Å². The number of amides is 1. The summed E-state index contributed by atoms with van der Waals surface area (Å²) in [7, 11) is 0. The van der Waals surface area contributed by atoms with Crippen LogP contribution in [0, 0.1) is 11.6 Å². The van der Waals surface area contributed by atoms with Crippen LogP contribution in [0.2, 0.25) is 0 Å². The zero-order chi connectivity index (χ0) is 13.8. The van der Waals surface area contributed by atoms with Crippen molar-refractivity contribution in [2.24, 2.45) is 5.73 Å². The minimum absolute atomic E-state index is 0.0371. The van der Waals surface area contributed by atoms with Crippen LogP contribution in [0.15, 0.2) is 18.2 Å². The molecule has 1 aromatic rings. The number of primary amides is 1. The number of unbranched alkanes of at least 4 members (excludes halogenated alkanes) is 1. The highest BCUT2D eigenvalue weighted by molar-refractivity contribution is 5.83. The Morgan fingerprint density at radius 2 is 1.89 bits per heavy atom. The average Bonchev–Trinajstić information content (AvgIpc) is 2.24. The van der Waals surface area contributed by atoms with Crippen LogP contribution < -0.4 is 10.5 Å². The summed E-state index contributed by atoms with van der Waals surface area (Å²) in [5.74, 6) is -2.20. The quantitative estimate of drug-likeness (QED) is 0.852. The molecular weight excluding hydrogens is 240 g/mol. The number of nitrogens with two attached hydrogens (primary N) is 1. The van der Waals surface area contributed by atoms with E-state index >= 15 is 0 Å². The van der Waals surface area contributed by atoms with Crippen LogP contribution in [-0.4, -0.2) is 11.5 Å². The van der Waals surface area contributed by atoms with Crippen molar-refractivity contribution in [3.63, 3.8) is 0 Å². The molecule has 1 aromatic carbocycles. The monoisotopic (exact) mass is 257 g/mol. The largest absolute Gasteiger partial charge is 0.478 e. The Kier molecular flexibility index (Phi) is 4.64. The van der Waals surface area contributed by atoms with E-state index in [-0.39, 0.29) is 5.75 Å². The number of ether oxygens (including phenoxy) is 1. The first-order valence-corrected chi connectivity index (χ1v) is 5.82. The molecule has 1 amide bonds. The molecule has 0 spiro atoms. The van der Waals surface area contributed by atoms with E-state index in [0.29, 0.717) is 6.42 Å². The van der Waals surface area contributed by atoms with Gasteiger partial charge in [0, 0.05) is 18.2 Å². The first-order valence-electron chi connectivity index (χ1n) is 5.82. The smallest absolute Gasteiger partial charge is 0.261 e. The van der Waals surface area contributed by atoms with Gasteiger partial charge in [-0.15, -0.1) is 0 Å². The van der Waals surface area contributed by atoms with E-state index in [0.717, 1.165) is 31.0 Å². The number of rotatable bonds is 6. The molecule has 2 N–H and O–H groups in total. The molecule has 1 rings (SSSR count). The Labute approximate surface area is 105 Å². The predicted octanol–water partition coefficient (Wildman–Crippen LogP) is 2.78. The van der Waals surface area contributed by atoms with Gasteiger partial charge in [0.2, 0.25) is 0 Å². The van der Waals surface area contributed by atoms with Crippen molar-refractivity contribution in [2.45, 2.75) is 38.7 Å². The average molecular weight is 257 g/mol. The van der Waals surface area contributed by atoms with E-state index in [4.69, 9.17) is 10.5 Å². The highest BCUT2D eigenvalue weighted by Gasteiger charge is 2.33. The van der Waals surface area contributed by atoms with Crippen LogP contribution in [0.3, 0.4) is 0 Å². The van der Waals surface area contributed by atoms with Crippen LogP contribution in [-0.2, 0) is 4.79 Å². The number of carbonyl (C=O) groups excluding carboxylic acids is 1. The Balaban J connectivity index is 2.92. The van der Waals surface area contributed by atoms with E-state index in [9.17, 15) is 13.6 Å². The van der Waals surface area contributed by atoms with E-state index in [2.05, 4.69) is 0 Å². The van der Waals surface area contributed by atoms with E-state index in [1.54, 1.807) is 0 Å². The molecule has 5 heteroatoms. The maximum atomic E-state index is 13.0.